The van der Waals surface area contributed by atoms with E-state index < -0.39 is 17.8 Å². The Morgan fingerprint density at radius 1 is 1.21 bits per heavy atom. The van der Waals surface area contributed by atoms with Crippen molar-refractivity contribution in [2.75, 3.05) is 0 Å². The summed E-state index contributed by atoms with van der Waals surface area (Å²) >= 11 is 0. The fourth-order valence-electron chi connectivity index (χ4n) is 1.89. The molecule has 3 rings (SSSR count). The van der Waals surface area contributed by atoms with Gasteiger partial charge in [-0.1, -0.05) is 6.07 Å². The molecule has 0 unspecified atom stereocenters. The predicted octanol–water partition coefficient (Wildman–Crippen LogP) is 3.30. The first-order chi connectivity index (χ1) is 8.95. The molecule has 3 nitrogen and oxygen atoms in total. The van der Waals surface area contributed by atoms with Crippen LogP contribution in [0.25, 0.3) is 5.69 Å². The van der Waals surface area contributed by atoms with E-state index in [1.54, 1.807) is 6.07 Å². The Morgan fingerprint density at radius 3 is 2.47 bits per heavy atom. The van der Waals surface area contributed by atoms with Crippen molar-refractivity contribution < 1.29 is 17.6 Å². The summed E-state index contributed by atoms with van der Waals surface area (Å²) < 4.78 is 51.8. The second-order valence-corrected chi connectivity index (χ2v) is 4.50. The van der Waals surface area contributed by atoms with Crippen LogP contribution >= 0.6 is 0 Å². The van der Waals surface area contributed by atoms with Crippen molar-refractivity contribution in [1.29, 1.82) is 0 Å². The molecular weight excluding hydrogens is 262 g/mol. The van der Waals surface area contributed by atoms with E-state index >= 15 is 0 Å². The Hall–Kier alpha value is -1.92. The van der Waals surface area contributed by atoms with Crippen molar-refractivity contribution >= 4 is 0 Å². The summed E-state index contributed by atoms with van der Waals surface area (Å²) in [6.07, 6.45) is -1.71. The zero-order valence-corrected chi connectivity index (χ0v) is 9.65. The second kappa shape index (κ2) is 4.04. The van der Waals surface area contributed by atoms with Gasteiger partial charge in [-0.05, 0) is 36.5 Å². The molecule has 1 heterocycles. The van der Waals surface area contributed by atoms with Crippen LogP contribution in [0.2, 0.25) is 0 Å². The fraction of sp³-hybridized carbons (Fsp3) is 0.333. The van der Waals surface area contributed by atoms with Gasteiger partial charge in [0, 0.05) is 0 Å². The number of nitrogens with zero attached hydrogens (tertiary/aromatic N) is 3. The number of halogens is 4. The first-order valence-electron chi connectivity index (χ1n) is 5.74. The van der Waals surface area contributed by atoms with E-state index in [-0.39, 0.29) is 5.69 Å². The molecule has 1 saturated carbocycles. The van der Waals surface area contributed by atoms with Crippen molar-refractivity contribution in [2.24, 2.45) is 0 Å². The molecule has 0 saturated heterocycles. The van der Waals surface area contributed by atoms with E-state index in [1.807, 2.05) is 0 Å². The summed E-state index contributed by atoms with van der Waals surface area (Å²) in [5.74, 6) is -1.49. The molecule has 0 aliphatic heterocycles. The lowest BCUT2D eigenvalue weighted by molar-refractivity contribution is -0.144. The van der Waals surface area contributed by atoms with Crippen molar-refractivity contribution in [3.05, 3.63) is 41.7 Å². The molecule has 0 bridgehead atoms. The molecule has 0 atom stereocenters. The Kier molecular flexibility index (Phi) is 2.58. The van der Waals surface area contributed by atoms with Crippen molar-refractivity contribution in [3.8, 4) is 5.69 Å². The monoisotopic (exact) mass is 271 g/mol. The summed E-state index contributed by atoms with van der Waals surface area (Å²) in [6.45, 7) is 0. The van der Waals surface area contributed by atoms with E-state index in [0.717, 1.165) is 29.4 Å². The van der Waals surface area contributed by atoms with Gasteiger partial charge in [-0.15, -0.1) is 5.10 Å². The van der Waals surface area contributed by atoms with Gasteiger partial charge < -0.3 is 0 Å². The van der Waals surface area contributed by atoms with Gasteiger partial charge in [0.25, 0.3) is 5.82 Å². The zero-order valence-electron chi connectivity index (χ0n) is 9.65. The smallest absolute Gasteiger partial charge is 0.217 e. The first-order valence-corrected chi connectivity index (χ1v) is 5.74. The normalized spacial score (nSPS) is 15.8. The lowest BCUT2D eigenvalue weighted by Crippen LogP contribution is -2.09. The van der Waals surface area contributed by atoms with Gasteiger partial charge in [0.1, 0.15) is 17.8 Å². The Balaban J connectivity index is 1.95. The fourth-order valence-corrected chi connectivity index (χ4v) is 1.89. The predicted molar refractivity (Wildman–Crippen MR) is 58.3 cm³/mol. The van der Waals surface area contributed by atoms with Gasteiger partial charge >= 0.3 is 6.18 Å². The molecule has 19 heavy (non-hydrogen) atoms. The van der Waals surface area contributed by atoms with Crippen molar-refractivity contribution in [1.82, 2.24) is 14.8 Å². The molecule has 7 heteroatoms. The summed E-state index contributed by atoms with van der Waals surface area (Å²) in [5.41, 5.74) is 0.838. The maximum atomic E-state index is 13.9. The van der Waals surface area contributed by atoms with Crippen LogP contribution in [0.1, 0.15) is 30.1 Å². The first kappa shape index (κ1) is 12.1. The Morgan fingerprint density at radius 2 is 1.95 bits per heavy atom. The molecule has 0 radical (unpaired) electrons. The molecule has 100 valence electrons. The lowest BCUT2D eigenvalue weighted by atomic mass is 10.1. The third-order valence-corrected chi connectivity index (χ3v) is 3.01. The summed E-state index contributed by atoms with van der Waals surface area (Å²) in [4.78, 5) is 3.14. The van der Waals surface area contributed by atoms with Crippen LogP contribution in [0.15, 0.2) is 24.5 Å². The van der Waals surface area contributed by atoms with Gasteiger partial charge in [-0.2, -0.15) is 13.2 Å². The molecule has 0 amide bonds. The van der Waals surface area contributed by atoms with Crippen LogP contribution in [0.4, 0.5) is 17.6 Å². The van der Waals surface area contributed by atoms with Crippen molar-refractivity contribution in [2.45, 2.75) is 24.9 Å². The maximum Gasteiger partial charge on any atom is 0.453 e. The van der Waals surface area contributed by atoms with Gasteiger partial charge in [-0.3, -0.25) is 0 Å². The van der Waals surface area contributed by atoms with E-state index in [4.69, 9.17) is 0 Å². The van der Waals surface area contributed by atoms with Crippen LogP contribution in [-0.4, -0.2) is 14.8 Å². The van der Waals surface area contributed by atoms with Crippen LogP contribution in [0, 0.1) is 5.82 Å². The highest BCUT2D eigenvalue weighted by Gasteiger charge is 2.36. The minimum atomic E-state index is -4.63. The molecule has 2 aromatic rings. The summed E-state index contributed by atoms with van der Waals surface area (Å²) in [5, 5.41) is 3.24. The Bertz CT molecular complexity index is 614. The molecule has 1 aliphatic carbocycles. The number of rotatable bonds is 2. The van der Waals surface area contributed by atoms with Gasteiger partial charge in [0.05, 0.1) is 0 Å². The Labute approximate surface area is 105 Å². The highest BCUT2D eigenvalue weighted by molar-refractivity contribution is 5.38. The molecule has 0 spiro atoms. The number of hydrogen-bond donors (Lipinski definition) is 0. The van der Waals surface area contributed by atoms with E-state index in [1.165, 1.54) is 12.1 Å². The van der Waals surface area contributed by atoms with E-state index in [2.05, 4.69) is 10.1 Å². The maximum absolute atomic E-state index is 13.9. The molecule has 1 aliphatic rings. The quantitative estimate of drug-likeness (QED) is 0.784. The van der Waals surface area contributed by atoms with Gasteiger partial charge in [0.2, 0.25) is 0 Å². The topological polar surface area (TPSA) is 30.7 Å². The van der Waals surface area contributed by atoms with Crippen LogP contribution in [-0.2, 0) is 6.18 Å². The number of alkyl halides is 3. The zero-order chi connectivity index (χ0) is 13.6. The van der Waals surface area contributed by atoms with E-state index in [9.17, 15) is 17.6 Å². The highest BCUT2D eigenvalue weighted by Crippen LogP contribution is 2.40. The molecule has 1 fully saturated rings. The lowest BCUT2D eigenvalue weighted by Gasteiger charge is -2.05. The molecule has 0 N–H and O–H groups in total. The van der Waals surface area contributed by atoms with Gasteiger partial charge in [0.15, 0.2) is 0 Å². The minimum absolute atomic E-state index is 0.0348. The minimum Gasteiger partial charge on any atom is -0.217 e. The third-order valence-electron chi connectivity index (χ3n) is 3.01. The van der Waals surface area contributed by atoms with Crippen LogP contribution < -0.4 is 0 Å². The standard InChI is InChI=1S/C12H9F4N3/c13-9-5-8(7-1-2-7)3-4-10(9)19-6-17-11(18-19)12(14,15)16/h3-7H,1-2H2. The summed E-state index contributed by atoms with van der Waals surface area (Å²) in [6, 6.07) is 4.49. The van der Waals surface area contributed by atoms with Gasteiger partial charge in [-0.25, -0.2) is 14.1 Å². The molecule has 1 aromatic heterocycles. The highest BCUT2D eigenvalue weighted by atomic mass is 19.4. The number of hydrogen-bond acceptors (Lipinski definition) is 2. The summed E-state index contributed by atoms with van der Waals surface area (Å²) in [7, 11) is 0. The van der Waals surface area contributed by atoms with E-state index in [0.29, 0.717) is 5.92 Å². The third kappa shape index (κ3) is 2.32. The SMILES string of the molecule is Fc1cc(C2CC2)ccc1-n1cnc(C(F)(F)F)n1. The number of benzene rings is 1. The number of aromatic nitrogens is 3. The van der Waals surface area contributed by atoms with Crippen molar-refractivity contribution in [3.63, 3.8) is 0 Å². The average molecular weight is 271 g/mol. The van der Waals surface area contributed by atoms with Crippen LogP contribution in [0.3, 0.4) is 0 Å². The largest absolute Gasteiger partial charge is 0.453 e. The molecular formula is C12H9F4N3. The van der Waals surface area contributed by atoms with Crippen LogP contribution in [0.5, 0.6) is 0 Å². The average Bonchev–Trinajstić information content (AvgIpc) is 3.05. The second-order valence-electron chi connectivity index (χ2n) is 4.50. The molecule has 1 aromatic carbocycles.